The van der Waals surface area contributed by atoms with Crippen LogP contribution in [0.25, 0.3) is 0 Å². The van der Waals surface area contributed by atoms with E-state index in [1.807, 2.05) is 0 Å². The molecular formula is C10H10BrClF3NO. The molecule has 1 saturated heterocycles. The van der Waals surface area contributed by atoms with Crippen LogP contribution in [-0.2, 0) is 0 Å². The second-order valence-corrected chi connectivity index (χ2v) is 4.48. The van der Waals surface area contributed by atoms with Gasteiger partial charge in [0.2, 0.25) is 0 Å². The van der Waals surface area contributed by atoms with Gasteiger partial charge < -0.3 is 10.1 Å². The van der Waals surface area contributed by atoms with Crippen molar-refractivity contribution >= 4 is 28.3 Å². The van der Waals surface area contributed by atoms with Gasteiger partial charge in [-0.15, -0.1) is 25.6 Å². The molecule has 7 heteroatoms. The topological polar surface area (TPSA) is 21.3 Å². The smallest absolute Gasteiger partial charge is 0.406 e. The number of hydrogen-bond acceptors (Lipinski definition) is 2. The lowest BCUT2D eigenvalue weighted by Crippen LogP contribution is -2.34. The first-order valence-electron chi connectivity index (χ1n) is 4.74. The summed E-state index contributed by atoms with van der Waals surface area (Å²) in [4.78, 5) is 0. The van der Waals surface area contributed by atoms with Crippen molar-refractivity contribution in [2.24, 2.45) is 0 Å². The van der Waals surface area contributed by atoms with E-state index in [-0.39, 0.29) is 24.2 Å². The minimum absolute atomic E-state index is 0. The standard InChI is InChI=1S/C10H9BrF3NO.ClH/c11-7-3-6(9-1-2-15-9)4-8(5-7)16-10(12,13)14;/h3-5,9,15H,1-2H2;1H/t9-;/m1./s1. The van der Waals surface area contributed by atoms with E-state index in [0.717, 1.165) is 18.5 Å². The fourth-order valence-electron chi connectivity index (χ4n) is 1.55. The predicted octanol–water partition coefficient (Wildman–Crippen LogP) is 3.80. The molecule has 96 valence electrons. The van der Waals surface area contributed by atoms with Crippen LogP contribution in [0.4, 0.5) is 13.2 Å². The van der Waals surface area contributed by atoms with E-state index in [4.69, 9.17) is 0 Å². The lowest BCUT2D eigenvalue weighted by molar-refractivity contribution is -0.274. The summed E-state index contributed by atoms with van der Waals surface area (Å²) in [6.45, 7) is 0.895. The highest BCUT2D eigenvalue weighted by Crippen LogP contribution is 2.32. The summed E-state index contributed by atoms with van der Waals surface area (Å²) >= 11 is 3.17. The zero-order chi connectivity index (χ0) is 11.8. The zero-order valence-electron chi connectivity index (χ0n) is 8.55. The first-order valence-corrected chi connectivity index (χ1v) is 5.53. The quantitative estimate of drug-likeness (QED) is 0.889. The number of benzene rings is 1. The number of nitrogens with one attached hydrogen (secondary N) is 1. The van der Waals surface area contributed by atoms with E-state index in [1.54, 1.807) is 6.07 Å². The van der Waals surface area contributed by atoms with Gasteiger partial charge in [0.05, 0.1) is 0 Å². The van der Waals surface area contributed by atoms with Crippen molar-refractivity contribution in [1.82, 2.24) is 5.32 Å². The van der Waals surface area contributed by atoms with E-state index >= 15 is 0 Å². The molecule has 1 aromatic carbocycles. The van der Waals surface area contributed by atoms with Crippen LogP contribution in [0.3, 0.4) is 0 Å². The van der Waals surface area contributed by atoms with Gasteiger partial charge in [0.15, 0.2) is 0 Å². The third-order valence-electron chi connectivity index (χ3n) is 2.35. The summed E-state index contributed by atoms with van der Waals surface area (Å²) < 4.78 is 40.6. The molecule has 0 saturated carbocycles. The molecule has 17 heavy (non-hydrogen) atoms. The Balaban J connectivity index is 0.00000144. The molecule has 2 nitrogen and oxygen atoms in total. The molecule has 0 unspecified atom stereocenters. The Morgan fingerprint density at radius 1 is 1.29 bits per heavy atom. The van der Waals surface area contributed by atoms with E-state index in [2.05, 4.69) is 26.0 Å². The van der Waals surface area contributed by atoms with Crippen LogP contribution in [-0.4, -0.2) is 12.9 Å². The molecule has 1 atom stereocenters. The largest absolute Gasteiger partial charge is 0.573 e. The van der Waals surface area contributed by atoms with Crippen LogP contribution in [0, 0.1) is 0 Å². The van der Waals surface area contributed by atoms with Gasteiger partial charge in [0.25, 0.3) is 0 Å². The predicted molar refractivity (Wildman–Crippen MR) is 63.4 cm³/mol. The number of alkyl halides is 3. The Morgan fingerprint density at radius 2 is 1.94 bits per heavy atom. The van der Waals surface area contributed by atoms with Gasteiger partial charge in [0.1, 0.15) is 5.75 Å². The maximum atomic E-state index is 12.0. The van der Waals surface area contributed by atoms with Gasteiger partial charge in [0, 0.05) is 10.5 Å². The molecular weight excluding hydrogens is 322 g/mol. The molecule has 1 N–H and O–H groups in total. The number of rotatable bonds is 2. The molecule has 1 heterocycles. The van der Waals surface area contributed by atoms with Crippen LogP contribution >= 0.6 is 28.3 Å². The highest BCUT2D eigenvalue weighted by molar-refractivity contribution is 9.10. The monoisotopic (exact) mass is 331 g/mol. The maximum Gasteiger partial charge on any atom is 0.573 e. The average Bonchev–Trinajstić information content (AvgIpc) is 1.94. The molecule has 0 radical (unpaired) electrons. The molecule has 0 aliphatic carbocycles. The molecule has 1 fully saturated rings. The Hall–Kier alpha value is -0.460. The molecule has 0 amide bonds. The van der Waals surface area contributed by atoms with E-state index in [1.165, 1.54) is 12.1 Å². The van der Waals surface area contributed by atoms with Crippen molar-refractivity contribution in [2.75, 3.05) is 6.54 Å². The minimum Gasteiger partial charge on any atom is -0.406 e. The Labute approximate surface area is 111 Å². The van der Waals surface area contributed by atoms with E-state index in [9.17, 15) is 13.2 Å². The SMILES string of the molecule is Cl.FC(F)(F)Oc1cc(Br)cc([C@H]2CCN2)c1. The normalized spacial score (nSPS) is 19.2. The molecule has 1 aromatic rings. The first kappa shape index (κ1) is 14.6. The fourth-order valence-corrected chi connectivity index (χ4v) is 2.04. The van der Waals surface area contributed by atoms with Crippen molar-refractivity contribution in [3.8, 4) is 5.75 Å². The summed E-state index contributed by atoms with van der Waals surface area (Å²) in [6.07, 6.45) is -3.72. The molecule has 0 spiro atoms. The highest BCUT2D eigenvalue weighted by Gasteiger charge is 2.31. The maximum absolute atomic E-state index is 12.0. The number of halogens is 5. The van der Waals surface area contributed by atoms with Crippen molar-refractivity contribution in [2.45, 2.75) is 18.8 Å². The highest BCUT2D eigenvalue weighted by atomic mass is 79.9. The third-order valence-corrected chi connectivity index (χ3v) is 2.81. The van der Waals surface area contributed by atoms with Crippen LogP contribution in [0.5, 0.6) is 5.75 Å². The lowest BCUT2D eigenvalue weighted by Gasteiger charge is -2.28. The van der Waals surface area contributed by atoms with Gasteiger partial charge >= 0.3 is 6.36 Å². The van der Waals surface area contributed by atoms with Crippen molar-refractivity contribution < 1.29 is 17.9 Å². The van der Waals surface area contributed by atoms with E-state index in [0.29, 0.717) is 4.47 Å². The molecule has 2 rings (SSSR count). The van der Waals surface area contributed by atoms with Crippen LogP contribution in [0.2, 0.25) is 0 Å². The van der Waals surface area contributed by atoms with Crippen LogP contribution < -0.4 is 10.1 Å². The summed E-state index contributed by atoms with van der Waals surface area (Å²) in [5.74, 6) is -0.189. The summed E-state index contributed by atoms with van der Waals surface area (Å²) in [5.41, 5.74) is 0.805. The van der Waals surface area contributed by atoms with Gasteiger partial charge in [-0.25, -0.2) is 0 Å². The zero-order valence-corrected chi connectivity index (χ0v) is 11.0. The Kier molecular flexibility index (Phi) is 4.69. The second-order valence-electron chi connectivity index (χ2n) is 3.56. The van der Waals surface area contributed by atoms with Crippen LogP contribution in [0.1, 0.15) is 18.0 Å². The number of hydrogen-bond donors (Lipinski definition) is 1. The third kappa shape index (κ3) is 4.04. The molecule has 1 aliphatic heterocycles. The van der Waals surface area contributed by atoms with Crippen molar-refractivity contribution in [1.29, 1.82) is 0 Å². The van der Waals surface area contributed by atoms with Crippen molar-refractivity contribution in [3.05, 3.63) is 28.2 Å². The average molecular weight is 333 g/mol. The summed E-state index contributed by atoms with van der Waals surface area (Å²) in [5, 5.41) is 3.12. The van der Waals surface area contributed by atoms with Gasteiger partial charge in [-0.2, -0.15) is 0 Å². The first-order chi connectivity index (χ1) is 7.44. The van der Waals surface area contributed by atoms with Gasteiger partial charge in [-0.3, -0.25) is 0 Å². The second kappa shape index (κ2) is 5.46. The van der Waals surface area contributed by atoms with Crippen molar-refractivity contribution in [3.63, 3.8) is 0 Å². The fraction of sp³-hybridized carbons (Fsp3) is 0.400. The van der Waals surface area contributed by atoms with Gasteiger partial charge in [-0.05, 0) is 36.7 Å². The Bertz CT molecular complexity index is 396. The minimum atomic E-state index is -4.65. The van der Waals surface area contributed by atoms with Crippen LogP contribution in [0.15, 0.2) is 22.7 Å². The molecule has 0 aromatic heterocycles. The Morgan fingerprint density at radius 3 is 2.41 bits per heavy atom. The summed E-state index contributed by atoms with van der Waals surface area (Å²) in [6, 6.07) is 4.64. The van der Waals surface area contributed by atoms with E-state index < -0.39 is 6.36 Å². The molecule has 0 bridgehead atoms. The lowest BCUT2D eigenvalue weighted by atomic mass is 9.98. The summed E-state index contributed by atoms with van der Waals surface area (Å²) in [7, 11) is 0. The number of ether oxygens (including phenoxy) is 1. The molecule has 1 aliphatic rings. The van der Waals surface area contributed by atoms with Gasteiger partial charge in [-0.1, -0.05) is 15.9 Å².